The summed E-state index contributed by atoms with van der Waals surface area (Å²) in [6.45, 7) is 11.1. The van der Waals surface area contributed by atoms with Gasteiger partial charge in [0.1, 0.15) is 36.8 Å². The molecule has 1 aliphatic heterocycles. The van der Waals surface area contributed by atoms with Crippen molar-refractivity contribution >= 4 is 53.0 Å². The standard InChI is InChI=1S/C43H76N8O11/c1-25(2)31-23-34(54)33(48-36(56)22-30(53)18-16-14-12-10-8-9-11-13-15-17-21-46-29(7)44)24-62-43(61)27(5)47-40(58)32(19-20-35(45)55)49-42(60)38(28(6)52)51-41(59)37(26(3)4)50-39(31)57/h25-28,30-33,37-38,52-53H,8-24H2,1-7H3,(H2,44,46)(H2,45,55)(H,47,58)(H,48,56)(H,49,60)(H,50,57)(H,51,59). The molecule has 8 unspecified atom stereocenters. The Bertz CT molecular complexity index is 1500. The van der Waals surface area contributed by atoms with E-state index in [1.165, 1.54) is 26.7 Å². The van der Waals surface area contributed by atoms with Gasteiger partial charge in [0.25, 0.3) is 0 Å². The molecule has 19 heteroatoms. The van der Waals surface area contributed by atoms with Crippen LogP contribution in [-0.4, -0.2) is 119 Å². The highest BCUT2D eigenvalue weighted by molar-refractivity contribution is 5.97. The number of hydrogen-bond acceptors (Lipinski definition) is 12. The van der Waals surface area contributed by atoms with Gasteiger partial charge in [-0.3, -0.25) is 38.6 Å². The molecule has 19 nitrogen and oxygen atoms in total. The molecule has 0 spiro atoms. The highest BCUT2D eigenvalue weighted by Gasteiger charge is 2.37. The monoisotopic (exact) mass is 881 g/mol. The van der Waals surface area contributed by atoms with Crippen molar-refractivity contribution in [1.82, 2.24) is 26.6 Å². The van der Waals surface area contributed by atoms with E-state index < -0.39 is 120 Å². The Morgan fingerprint density at radius 3 is 1.84 bits per heavy atom. The molecule has 0 radical (unpaired) electrons. The van der Waals surface area contributed by atoms with Gasteiger partial charge in [-0.2, -0.15) is 0 Å². The fraction of sp³-hybridized carbons (Fsp3) is 0.791. The van der Waals surface area contributed by atoms with Crippen molar-refractivity contribution in [3.63, 3.8) is 0 Å². The van der Waals surface area contributed by atoms with Crippen LogP contribution in [0.3, 0.4) is 0 Å². The molecule has 0 saturated carbocycles. The lowest BCUT2D eigenvalue weighted by atomic mass is 9.87. The van der Waals surface area contributed by atoms with Crippen LogP contribution in [0.2, 0.25) is 0 Å². The number of aliphatic hydroxyl groups is 2. The molecule has 62 heavy (non-hydrogen) atoms. The summed E-state index contributed by atoms with van der Waals surface area (Å²) in [6, 6.07) is -7.13. The van der Waals surface area contributed by atoms with Crippen LogP contribution in [0.5, 0.6) is 0 Å². The predicted octanol–water partition coefficient (Wildman–Crippen LogP) is 0.940. The van der Waals surface area contributed by atoms with Crippen LogP contribution in [-0.2, 0) is 43.1 Å². The van der Waals surface area contributed by atoms with Gasteiger partial charge in [-0.1, -0.05) is 85.5 Å². The largest absolute Gasteiger partial charge is 0.461 e. The summed E-state index contributed by atoms with van der Waals surface area (Å²) < 4.78 is 5.39. The fourth-order valence-corrected chi connectivity index (χ4v) is 6.86. The van der Waals surface area contributed by atoms with Crippen molar-refractivity contribution in [3.8, 4) is 0 Å². The highest BCUT2D eigenvalue weighted by Crippen LogP contribution is 2.20. The lowest BCUT2D eigenvalue weighted by Gasteiger charge is -2.29. The van der Waals surface area contributed by atoms with Gasteiger partial charge in [-0.05, 0) is 51.9 Å². The van der Waals surface area contributed by atoms with Crippen LogP contribution >= 0.6 is 0 Å². The van der Waals surface area contributed by atoms with Crippen LogP contribution in [0.4, 0.5) is 0 Å². The molecule has 0 aromatic heterocycles. The van der Waals surface area contributed by atoms with Gasteiger partial charge in [0.05, 0.1) is 24.5 Å². The van der Waals surface area contributed by atoms with Gasteiger partial charge >= 0.3 is 5.97 Å². The Hall–Kier alpha value is -4.65. The van der Waals surface area contributed by atoms with Crippen molar-refractivity contribution in [2.45, 2.75) is 187 Å². The number of amidine groups is 1. The third kappa shape index (κ3) is 22.4. The number of ketones is 1. The molecule has 0 aromatic rings. The number of carbonyl (C=O) groups excluding carboxylic acids is 8. The van der Waals surface area contributed by atoms with Crippen molar-refractivity contribution in [3.05, 3.63) is 0 Å². The molecule has 1 rings (SSSR count). The van der Waals surface area contributed by atoms with E-state index in [-0.39, 0.29) is 19.3 Å². The molecule has 1 saturated heterocycles. The number of esters is 1. The second-order valence-electron chi connectivity index (χ2n) is 17.2. The third-order valence-corrected chi connectivity index (χ3v) is 10.7. The minimum absolute atomic E-state index is 0.307. The number of aliphatic hydroxyl groups excluding tert-OH is 2. The molecule has 1 aliphatic rings. The minimum atomic E-state index is -1.62. The zero-order valence-corrected chi connectivity index (χ0v) is 38.0. The van der Waals surface area contributed by atoms with E-state index in [0.29, 0.717) is 18.7 Å². The lowest BCUT2D eigenvalue weighted by molar-refractivity contribution is -0.150. The number of Topliss-reactive ketones (excluding diaryl/α,β-unsaturated/α-hetero) is 1. The van der Waals surface area contributed by atoms with E-state index >= 15 is 0 Å². The van der Waals surface area contributed by atoms with E-state index in [9.17, 15) is 48.6 Å². The maximum atomic E-state index is 13.9. The van der Waals surface area contributed by atoms with Gasteiger partial charge in [0.15, 0.2) is 5.78 Å². The summed E-state index contributed by atoms with van der Waals surface area (Å²) in [7, 11) is 0. The van der Waals surface area contributed by atoms with Gasteiger partial charge < -0.3 is 53.0 Å². The quantitative estimate of drug-likeness (QED) is 0.0318. The first kappa shape index (κ1) is 55.4. The molecule has 0 aliphatic carbocycles. The summed E-state index contributed by atoms with van der Waals surface area (Å²) >= 11 is 0. The highest BCUT2D eigenvalue weighted by atomic mass is 16.5. The van der Waals surface area contributed by atoms with Crippen molar-refractivity contribution in [2.75, 3.05) is 13.2 Å². The van der Waals surface area contributed by atoms with Gasteiger partial charge in [-0.15, -0.1) is 0 Å². The molecule has 0 aromatic carbocycles. The summed E-state index contributed by atoms with van der Waals surface area (Å²) in [4.78, 5) is 110. The SMILES string of the molecule is CC(N)=NCCCCCCCCCCCCC(O)CC(=O)NC1COC(=O)C(C)NC(=O)C(CCC(N)=O)NC(=O)C(C(C)O)NC(=O)C(C(C)C)NC(=O)C(C(C)C)CC1=O. The first-order chi connectivity index (χ1) is 29.1. The van der Waals surface area contributed by atoms with Crippen LogP contribution in [0, 0.1) is 17.8 Å². The maximum absolute atomic E-state index is 13.9. The number of nitrogens with zero attached hydrogens (tertiary/aromatic N) is 1. The first-order valence-electron chi connectivity index (χ1n) is 22.3. The number of ether oxygens (including phenoxy) is 1. The molecule has 0 bridgehead atoms. The fourth-order valence-electron chi connectivity index (χ4n) is 6.86. The number of unbranched alkanes of at least 4 members (excludes halogenated alkanes) is 9. The smallest absolute Gasteiger partial charge is 0.328 e. The van der Waals surface area contributed by atoms with E-state index in [0.717, 1.165) is 51.5 Å². The third-order valence-electron chi connectivity index (χ3n) is 10.7. The van der Waals surface area contributed by atoms with E-state index in [4.69, 9.17) is 16.2 Å². The van der Waals surface area contributed by atoms with Crippen LogP contribution in [0.15, 0.2) is 4.99 Å². The second-order valence-corrected chi connectivity index (χ2v) is 17.2. The zero-order valence-electron chi connectivity index (χ0n) is 38.0. The predicted molar refractivity (Wildman–Crippen MR) is 233 cm³/mol. The number of cyclic esters (lactones) is 1. The maximum Gasteiger partial charge on any atom is 0.328 e. The summed E-state index contributed by atoms with van der Waals surface area (Å²) in [6.07, 6.45) is 6.93. The molecule has 6 amide bonds. The Morgan fingerprint density at radius 1 is 0.758 bits per heavy atom. The molecule has 1 fully saturated rings. The Labute approximate surface area is 366 Å². The summed E-state index contributed by atoms with van der Waals surface area (Å²) in [5.74, 6) is -7.99. The van der Waals surface area contributed by atoms with E-state index in [2.05, 4.69) is 31.6 Å². The van der Waals surface area contributed by atoms with Crippen LogP contribution < -0.4 is 38.1 Å². The normalized spacial score (nSPS) is 23.8. The summed E-state index contributed by atoms with van der Waals surface area (Å²) in [5, 5.41) is 33.6. The minimum Gasteiger partial charge on any atom is -0.461 e. The van der Waals surface area contributed by atoms with Crippen LogP contribution in [0.1, 0.15) is 145 Å². The summed E-state index contributed by atoms with van der Waals surface area (Å²) in [5.41, 5.74) is 10.8. The number of primary amides is 1. The molecule has 1 heterocycles. The van der Waals surface area contributed by atoms with Crippen LogP contribution in [0.25, 0.3) is 0 Å². The number of nitrogens with two attached hydrogens (primary N) is 2. The zero-order chi connectivity index (χ0) is 46.9. The number of carbonyl (C=O) groups is 8. The van der Waals surface area contributed by atoms with Crippen molar-refractivity contribution in [1.29, 1.82) is 0 Å². The Balaban J connectivity index is 3.13. The van der Waals surface area contributed by atoms with E-state index in [1.807, 2.05) is 0 Å². The number of hydrogen-bond donors (Lipinski definition) is 9. The van der Waals surface area contributed by atoms with Gasteiger partial charge in [-0.25, -0.2) is 4.79 Å². The Kier molecular flexibility index (Phi) is 26.4. The molecular formula is C43H76N8O11. The van der Waals surface area contributed by atoms with Crippen molar-refractivity contribution < 1.29 is 53.3 Å². The Morgan fingerprint density at radius 2 is 1.31 bits per heavy atom. The second kappa shape index (κ2) is 29.6. The topological polar surface area (TPSA) is 311 Å². The van der Waals surface area contributed by atoms with Crippen molar-refractivity contribution in [2.24, 2.45) is 34.2 Å². The number of aliphatic imine (C=N–C) groups is 1. The molecule has 354 valence electrons. The van der Waals surface area contributed by atoms with E-state index in [1.54, 1.807) is 34.6 Å². The first-order valence-corrected chi connectivity index (χ1v) is 22.3. The number of nitrogens with one attached hydrogen (secondary N) is 5. The number of rotatable bonds is 22. The number of amides is 6. The average molecular weight is 881 g/mol. The molecular weight excluding hydrogens is 805 g/mol. The molecule has 8 atom stereocenters. The van der Waals surface area contributed by atoms with Gasteiger partial charge in [0, 0.05) is 25.3 Å². The van der Waals surface area contributed by atoms with Gasteiger partial charge in [0.2, 0.25) is 35.4 Å². The molecule has 11 N–H and O–H groups in total. The lowest BCUT2D eigenvalue weighted by Crippen LogP contribution is -2.61. The average Bonchev–Trinajstić information content (AvgIpc) is 3.18.